The Bertz CT molecular complexity index is 629. The van der Waals surface area contributed by atoms with Gasteiger partial charge in [-0.1, -0.05) is 19.1 Å². The van der Waals surface area contributed by atoms with E-state index < -0.39 is 39.1 Å². The molecular formula is C13H16BrNO5S. The molecule has 1 aromatic rings. The molecule has 116 valence electrons. The van der Waals surface area contributed by atoms with Crippen molar-refractivity contribution in [2.45, 2.75) is 6.92 Å². The highest BCUT2D eigenvalue weighted by Crippen LogP contribution is 2.21. The first-order valence-corrected chi connectivity index (χ1v) is 8.69. The Labute approximate surface area is 131 Å². The summed E-state index contributed by atoms with van der Waals surface area (Å²) in [6, 6.07) is 6.86. The van der Waals surface area contributed by atoms with Crippen LogP contribution in [0.15, 0.2) is 28.7 Å². The van der Waals surface area contributed by atoms with Gasteiger partial charge in [0.2, 0.25) is 5.91 Å². The number of carbonyl (C=O) groups excluding carboxylic acids is 2. The maximum Gasteiger partial charge on any atom is 0.309 e. The van der Waals surface area contributed by atoms with Crippen molar-refractivity contribution < 1.29 is 22.7 Å². The molecule has 1 N–H and O–H groups in total. The average molecular weight is 378 g/mol. The number of esters is 1. The first-order valence-electron chi connectivity index (χ1n) is 6.08. The molecule has 0 saturated heterocycles. The van der Waals surface area contributed by atoms with Crippen LogP contribution < -0.4 is 5.32 Å². The van der Waals surface area contributed by atoms with E-state index in [4.69, 9.17) is 0 Å². The van der Waals surface area contributed by atoms with Gasteiger partial charge in [-0.15, -0.1) is 0 Å². The predicted molar refractivity (Wildman–Crippen MR) is 82.6 cm³/mol. The van der Waals surface area contributed by atoms with Gasteiger partial charge in [0.25, 0.3) is 0 Å². The van der Waals surface area contributed by atoms with Crippen molar-refractivity contribution in [2.75, 3.05) is 23.9 Å². The molecule has 0 heterocycles. The summed E-state index contributed by atoms with van der Waals surface area (Å²) >= 11 is 3.25. The average Bonchev–Trinajstić information content (AvgIpc) is 2.39. The Morgan fingerprint density at radius 3 is 2.52 bits per heavy atom. The van der Waals surface area contributed by atoms with Gasteiger partial charge in [0, 0.05) is 4.47 Å². The maximum absolute atomic E-state index is 11.9. The molecule has 0 aliphatic rings. The summed E-state index contributed by atoms with van der Waals surface area (Å²) in [5.41, 5.74) is 0.485. The zero-order valence-corrected chi connectivity index (χ0v) is 14.0. The molecule has 0 saturated carbocycles. The monoisotopic (exact) mass is 377 g/mol. The number of sulfone groups is 1. The second kappa shape index (κ2) is 7.56. The van der Waals surface area contributed by atoms with Gasteiger partial charge in [-0.25, -0.2) is 8.42 Å². The first kappa shape index (κ1) is 17.6. The van der Waals surface area contributed by atoms with E-state index in [1.165, 1.54) is 14.0 Å². The van der Waals surface area contributed by atoms with E-state index in [9.17, 15) is 18.0 Å². The summed E-state index contributed by atoms with van der Waals surface area (Å²) in [7, 11) is -2.51. The number of para-hydroxylation sites is 1. The number of hydrogen-bond acceptors (Lipinski definition) is 5. The lowest BCUT2D eigenvalue weighted by atomic mass is 10.2. The van der Waals surface area contributed by atoms with Crippen molar-refractivity contribution in [3.05, 3.63) is 28.7 Å². The van der Waals surface area contributed by atoms with Crippen LogP contribution in [0.5, 0.6) is 0 Å². The van der Waals surface area contributed by atoms with Crippen LogP contribution >= 0.6 is 15.9 Å². The van der Waals surface area contributed by atoms with Crippen molar-refractivity contribution in [1.29, 1.82) is 0 Å². The Kier molecular flexibility index (Phi) is 6.35. The first-order chi connectivity index (χ1) is 9.75. The lowest BCUT2D eigenvalue weighted by Gasteiger charge is -2.10. The molecule has 0 spiro atoms. The van der Waals surface area contributed by atoms with E-state index in [0.717, 1.165) is 0 Å². The minimum absolute atomic E-state index is 0.428. The lowest BCUT2D eigenvalue weighted by Crippen LogP contribution is -2.29. The van der Waals surface area contributed by atoms with Gasteiger partial charge in [0.15, 0.2) is 9.84 Å². The number of anilines is 1. The molecule has 1 aromatic carbocycles. The molecule has 1 rings (SSSR count). The number of rotatable bonds is 6. The SMILES string of the molecule is COC(=O)C(C)CS(=O)(=O)CC(=O)Nc1ccccc1Br. The fraction of sp³-hybridized carbons (Fsp3) is 0.385. The summed E-state index contributed by atoms with van der Waals surface area (Å²) < 4.78 is 28.8. The number of ether oxygens (including phenoxy) is 1. The highest BCUT2D eigenvalue weighted by molar-refractivity contribution is 9.10. The quantitative estimate of drug-likeness (QED) is 0.760. The van der Waals surface area contributed by atoms with Crippen LogP contribution in [0.25, 0.3) is 0 Å². The Balaban J connectivity index is 2.65. The van der Waals surface area contributed by atoms with Gasteiger partial charge in [0.05, 0.1) is 24.5 Å². The van der Waals surface area contributed by atoms with Gasteiger partial charge in [0.1, 0.15) is 5.75 Å². The van der Waals surface area contributed by atoms with Crippen LogP contribution in [-0.4, -0.2) is 38.9 Å². The number of benzene rings is 1. The van der Waals surface area contributed by atoms with Gasteiger partial charge in [-0.2, -0.15) is 0 Å². The number of nitrogens with one attached hydrogen (secondary N) is 1. The normalized spacial score (nSPS) is 12.5. The summed E-state index contributed by atoms with van der Waals surface area (Å²) in [5, 5.41) is 2.50. The summed E-state index contributed by atoms with van der Waals surface area (Å²) in [4.78, 5) is 23.0. The number of hydrogen-bond donors (Lipinski definition) is 1. The minimum atomic E-state index is -3.70. The molecule has 0 aliphatic carbocycles. The highest BCUT2D eigenvalue weighted by atomic mass is 79.9. The van der Waals surface area contributed by atoms with Crippen molar-refractivity contribution >= 4 is 43.3 Å². The lowest BCUT2D eigenvalue weighted by molar-refractivity contribution is -0.144. The van der Waals surface area contributed by atoms with Gasteiger partial charge < -0.3 is 10.1 Å². The third kappa shape index (κ3) is 5.84. The van der Waals surface area contributed by atoms with E-state index in [0.29, 0.717) is 10.2 Å². The standard InChI is InChI=1S/C13H16BrNO5S/c1-9(13(17)20-2)7-21(18,19)8-12(16)15-11-6-4-3-5-10(11)14/h3-6,9H,7-8H2,1-2H3,(H,15,16). The Morgan fingerprint density at radius 1 is 1.33 bits per heavy atom. The predicted octanol–water partition coefficient (Wildman–Crippen LogP) is 1.61. The van der Waals surface area contributed by atoms with Crippen LogP contribution in [0.1, 0.15) is 6.92 Å². The van der Waals surface area contributed by atoms with Gasteiger partial charge in [-0.05, 0) is 28.1 Å². The summed E-state index contributed by atoms with van der Waals surface area (Å²) in [5.74, 6) is -3.20. The largest absolute Gasteiger partial charge is 0.469 e. The molecule has 0 aromatic heterocycles. The van der Waals surface area contributed by atoms with Gasteiger partial charge >= 0.3 is 5.97 Å². The molecular weight excluding hydrogens is 362 g/mol. The van der Waals surface area contributed by atoms with Crippen molar-refractivity contribution in [1.82, 2.24) is 0 Å². The molecule has 0 aliphatic heterocycles. The van der Waals surface area contributed by atoms with Crippen molar-refractivity contribution in [2.24, 2.45) is 5.92 Å². The van der Waals surface area contributed by atoms with E-state index >= 15 is 0 Å². The number of halogens is 1. The Hall–Kier alpha value is -1.41. The molecule has 0 fully saturated rings. The minimum Gasteiger partial charge on any atom is -0.469 e. The third-order valence-corrected chi connectivity index (χ3v) is 5.01. The number of carbonyl (C=O) groups is 2. The fourth-order valence-corrected chi connectivity index (χ4v) is 3.53. The zero-order valence-electron chi connectivity index (χ0n) is 11.6. The van der Waals surface area contributed by atoms with Crippen LogP contribution in [-0.2, 0) is 24.2 Å². The zero-order chi connectivity index (χ0) is 16.0. The molecule has 1 atom stereocenters. The maximum atomic E-state index is 11.9. The van der Waals surface area contributed by atoms with Crippen molar-refractivity contribution in [3.8, 4) is 0 Å². The van der Waals surface area contributed by atoms with Crippen LogP contribution in [0, 0.1) is 5.92 Å². The fourth-order valence-electron chi connectivity index (χ4n) is 1.66. The smallest absolute Gasteiger partial charge is 0.309 e. The molecule has 1 amide bonds. The molecule has 0 bridgehead atoms. The third-order valence-electron chi connectivity index (χ3n) is 2.61. The second-order valence-corrected chi connectivity index (χ2v) is 7.47. The van der Waals surface area contributed by atoms with Crippen LogP contribution in [0.3, 0.4) is 0 Å². The molecule has 6 nitrogen and oxygen atoms in total. The number of methoxy groups -OCH3 is 1. The van der Waals surface area contributed by atoms with Crippen LogP contribution in [0.2, 0.25) is 0 Å². The summed E-state index contributed by atoms with van der Waals surface area (Å²) in [6.45, 7) is 1.44. The van der Waals surface area contributed by atoms with Crippen molar-refractivity contribution in [3.63, 3.8) is 0 Å². The summed E-state index contributed by atoms with van der Waals surface area (Å²) in [6.07, 6.45) is 0. The molecule has 1 unspecified atom stereocenters. The topological polar surface area (TPSA) is 89.5 Å². The number of amides is 1. The molecule has 0 radical (unpaired) electrons. The second-order valence-electron chi connectivity index (χ2n) is 4.51. The highest BCUT2D eigenvalue weighted by Gasteiger charge is 2.24. The molecule has 21 heavy (non-hydrogen) atoms. The molecule has 8 heteroatoms. The van der Waals surface area contributed by atoms with Crippen LogP contribution in [0.4, 0.5) is 5.69 Å². The van der Waals surface area contributed by atoms with E-state index in [-0.39, 0.29) is 0 Å². The van der Waals surface area contributed by atoms with Gasteiger partial charge in [-0.3, -0.25) is 9.59 Å². The Morgan fingerprint density at radius 2 is 1.95 bits per heavy atom. The van der Waals surface area contributed by atoms with E-state index in [1.54, 1.807) is 24.3 Å². The van der Waals surface area contributed by atoms with E-state index in [1.807, 2.05) is 0 Å². The van der Waals surface area contributed by atoms with E-state index in [2.05, 4.69) is 26.0 Å².